The van der Waals surface area contributed by atoms with E-state index >= 15 is 0 Å². The summed E-state index contributed by atoms with van der Waals surface area (Å²) in [6.45, 7) is 2.02. The van der Waals surface area contributed by atoms with Crippen molar-refractivity contribution < 1.29 is 27.4 Å². The maximum absolute atomic E-state index is 13.0. The third-order valence-electron chi connectivity index (χ3n) is 4.34. The lowest BCUT2D eigenvalue weighted by molar-refractivity contribution is 0.139. The van der Waals surface area contributed by atoms with Crippen LogP contribution in [0.2, 0.25) is 10.0 Å². The van der Waals surface area contributed by atoms with E-state index in [-0.39, 0.29) is 34.6 Å². The van der Waals surface area contributed by atoms with Crippen molar-refractivity contribution in [2.45, 2.75) is 24.3 Å². The highest BCUT2D eigenvalue weighted by Crippen LogP contribution is 2.39. The molecule has 1 atom stereocenters. The molecule has 1 aliphatic rings. The molecule has 0 bridgehead atoms. The molecule has 0 spiro atoms. The smallest absolute Gasteiger partial charge is 0.407 e. The normalized spacial score (nSPS) is 15.5. The molecule has 0 radical (unpaired) electrons. The lowest BCUT2D eigenvalue weighted by Crippen LogP contribution is -2.43. The van der Waals surface area contributed by atoms with Gasteiger partial charge in [-0.25, -0.2) is 13.2 Å². The number of ether oxygens (including phenoxy) is 3. The molecule has 1 heterocycles. The summed E-state index contributed by atoms with van der Waals surface area (Å²) in [5, 5.41) is 3.22. The molecule has 0 fully saturated rings. The number of hydrogen-bond acceptors (Lipinski definition) is 6. The number of halogens is 2. The average molecular weight is 475 g/mol. The largest absolute Gasteiger partial charge is 0.496 e. The molecule has 2 aromatic carbocycles. The number of carbonyl (C=O) groups excluding carboxylic acids is 1. The molecule has 2 N–H and O–H groups in total. The van der Waals surface area contributed by atoms with E-state index < -0.39 is 22.2 Å². The second kappa shape index (κ2) is 9.20. The molecule has 8 nitrogen and oxygen atoms in total. The van der Waals surface area contributed by atoms with Crippen LogP contribution in [-0.4, -0.2) is 40.9 Å². The highest BCUT2D eigenvalue weighted by Gasteiger charge is 2.31. The first-order valence-corrected chi connectivity index (χ1v) is 11.2. The molecule has 1 amide bonds. The predicted octanol–water partition coefficient (Wildman–Crippen LogP) is 3.85. The maximum Gasteiger partial charge on any atom is 0.407 e. The number of sulfonamides is 1. The van der Waals surface area contributed by atoms with Gasteiger partial charge in [-0.1, -0.05) is 23.2 Å². The zero-order valence-electron chi connectivity index (χ0n) is 16.2. The molecule has 1 aliphatic heterocycles. The second-order valence-corrected chi connectivity index (χ2v) is 8.85. The molecule has 0 unspecified atom stereocenters. The summed E-state index contributed by atoms with van der Waals surface area (Å²) in [4.78, 5) is 11.7. The summed E-state index contributed by atoms with van der Waals surface area (Å²) in [7, 11) is -2.53. The Hall–Kier alpha value is -2.36. The van der Waals surface area contributed by atoms with Gasteiger partial charge in [0.1, 0.15) is 23.0 Å². The lowest BCUT2D eigenvalue weighted by Gasteiger charge is -2.28. The zero-order chi connectivity index (χ0) is 21.9. The Balaban J connectivity index is 1.91. The molecule has 11 heteroatoms. The fourth-order valence-corrected chi connectivity index (χ4v) is 4.55. The molecule has 30 heavy (non-hydrogen) atoms. The number of methoxy groups -OCH3 is 1. The van der Waals surface area contributed by atoms with Gasteiger partial charge >= 0.3 is 6.09 Å². The first-order chi connectivity index (χ1) is 14.2. The molecule has 162 valence electrons. The Kier molecular flexibility index (Phi) is 6.84. The molecule has 3 rings (SSSR count). The van der Waals surface area contributed by atoms with Crippen LogP contribution in [0.15, 0.2) is 35.2 Å². The minimum atomic E-state index is -4.00. The number of carbonyl (C=O) groups is 1. The summed E-state index contributed by atoms with van der Waals surface area (Å²) in [5.41, 5.74) is 0.786. The first-order valence-electron chi connectivity index (χ1n) is 8.99. The van der Waals surface area contributed by atoms with Gasteiger partial charge in [-0.3, -0.25) is 4.72 Å². The van der Waals surface area contributed by atoms with Crippen LogP contribution in [-0.2, 0) is 21.2 Å². The van der Waals surface area contributed by atoms with Crippen molar-refractivity contribution in [2.24, 2.45) is 0 Å². The Labute approximate surface area is 184 Å². The van der Waals surface area contributed by atoms with Crippen molar-refractivity contribution in [3.05, 3.63) is 45.9 Å². The van der Waals surface area contributed by atoms with Gasteiger partial charge in [-0.05, 0) is 37.3 Å². The van der Waals surface area contributed by atoms with Crippen molar-refractivity contribution in [1.29, 1.82) is 0 Å². The van der Waals surface area contributed by atoms with Gasteiger partial charge in [0.25, 0.3) is 10.0 Å². The minimum Gasteiger partial charge on any atom is -0.496 e. The number of alkyl carbamates (subject to hydrolysis) is 1. The summed E-state index contributed by atoms with van der Waals surface area (Å²) in [5.74, 6) is 0.623. The molecule has 2 aromatic rings. The van der Waals surface area contributed by atoms with Crippen LogP contribution in [0.25, 0.3) is 0 Å². The van der Waals surface area contributed by atoms with Gasteiger partial charge in [-0.2, -0.15) is 0 Å². The van der Waals surface area contributed by atoms with Gasteiger partial charge in [-0.15, -0.1) is 0 Å². The lowest BCUT2D eigenvalue weighted by atomic mass is 10.0. The second-order valence-electron chi connectivity index (χ2n) is 6.38. The minimum absolute atomic E-state index is 0.0565. The Morgan fingerprint density at radius 1 is 1.23 bits per heavy atom. The molecule has 0 aromatic heterocycles. The predicted molar refractivity (Wildman–Crippen MR) is 113 cm³/mol. The highest BCUT2D eigenvalue weighted by atomic mass is 35.5. The van der Waals surface area contributed by atoms with Crippen LogP contribution >= 0.6 is 23.2 Å². The SMILES string of the molecule is CCOC(=O)N[C@H]1COc2c(S(=O)(=O)Nc3ccc(Cl)c(Cl)c3)ccc(OC)c2C1. The number of fused-ring (bicyclic) bond motifs is 1. The Morgan fingerprint density at radius 2 is 2.00 bits per heavy atom. The van der Waals surface area contributed by atoms with E-state index in [0.717, 1.165) is 0 Å². The number of amides is 1. The molecule has 0 aliphatic carbocycles. The van der Waals surface area contributed by atoms with Gasteiger partial charge < -0.3 is 19.5 Å². The number of nitrogens with one attached hydrogen (secondary N) is 2. The maximum atomic E-state index is 13.0. The van der Waals surface area contributed by atoms with Crippen molar-refractivity contribution in [1.82, 2.24) is 5.32 Å². The van der Waals surface area contributed by atoms with Gasteiger partial charge in [0.15, 0.2) is 0 Å². The summed E-state index contributed by atoms with van der Waals surface area (Å²) >= 11 is 11.9. The van der Waals surface area contributed by atoms with Crippen molar-refractivity contribution in [3.63, 3.8) is 0 Å². The zero-order valence-corrected chi connectivity index (χ0v) is 18.5. The van der Waals surface area contributed by atoms with Crippen molar-refractivity contribution >= 4 is 45.0 Å². The van der Waals surface area contributed by atoms with Crippen LogP contribution in [0.1, 0.15) is 12.5 Å². The van der Waals surface area contributed by atoms with Crippen LogP contribution in [0.3, 0.4) is 0 Å². The van der Waals surface area contributed by atoms with E-state index in [0.29, 0.717) is 22.8 Å². The molecule has 0 saturated carbocycles. The molecule has 0 saturated heterocycles. The number of anilines is 1. The number of hydrogen-bond donors (Lipinski definition) is 2. The van der Waals surface area contributed by atoms with Crippen LogP contribution in [0.5, 0.6) is 11.5 Å². The van der Waals surface area contributed by atoms with Gasteiger partial charge in [0, 0.05) is 12.0 Å². The van der Waals surface area contributed by atoms with E-state index in [1.165, 1.54) is 31.4 Å². The monoisotopic (exact) mass is 474 g/mol. The summed E-state index contributed by atoms with van der Waals surface area (Å²) < 4.78 is 44.5. The van der Waals surface area contributed by atoms with Crippen molar-refractivity contribution in [3.8, 4) is 11.5 Å². The van der Waals surface area contributed by atoms with Gasteiger partial charge in [0.05, 0.1) is 35.5 Å². The molecular weight excluding hydrogens is 455 g/mol. The number of rotatable bonds is 6. The third kappa shape index (κ3) is 4.85. The van der Waals surface area contributed by atoms with Gasteiger partial charge in [0.2, 0.25) is 0 Å². The average Bonchev–Trinajstić information content (AvgIpc) is 2.69. The Morgan fingerprint density at radius 3 is 2.67 bits per heavy atom. The third-order valence-corrected chi connectivity index (χ3v) is 6.48. The summed E-state index contributed by atoms with van der Waals surface area (Å²) in [6, 6.07) is 6.95. The highest BCUT2D eigenvalue weighted by molar-refractivity contribution is 7.92. The van der Waals surface area contributed by atoms with E-state index in [1.807, 2.05) is 0 Å². The van der Waals surface area contributed by atoms with Crippen LogP contribution in [0.4, 0.5) is 10.5 Å². The van der Waals surface area contributed by atoms with E-state index in [9.17, 15) is 13.2 Å². The topological polar surface area (TPSA) is 103 Å². The van der Waals surface area contributed by atoms with E-state index in [1.54, 1.807) is 13.0 Å². The molecular formula is C19H20Cl2N2O6S. The van der Waals surface area contributed by atoms with Crippen LogP contribution in [0, 0.1) is 0 Å². The van der Waals surface area contributed by atoms with E-state index in [2.05, 4.69) is 10.0 Å². The van der Waals surface area contributed by atoms with E-state index in [4.69, 9.17) is 37.4 Å². The fourth-order valence-electron chi connectivity index (χ4n) is 3.03. The van der Waals surface area contributed by atoms with Crippen molar-refractivity contribution in [2.75, 3.05) is 25.0 Å². The quantitative estimate of drug-likeness (QED) is 0.658. The fraction of sp³-hybridized carbons (Fsp3) is 0.316. The number of benzene rings is 2. The Bertz CT molecular complexity index is 1060. The summed E-state index contributed by atoms with van der Waals surface area (Å²) in [6.07, 6.45) is -0.258. The van der Waals surface area contributed by atoms with Crippen LogP contribution < -0.4 is 19.5 Å². The standard InChI is InChI=1S/C19H20Cl2N2O6S/c1-3-28-19(24)22-12-8-13-16(27-2)6-7-17(18(13)29-10-12)30(25,26)23-11-4-5-14(20)15(21)9-11/h4-7,9,12,23H,3,8,10H2,1-2H3,(H,22,24)/t12-/m1/s1. The first kappa shape index (κ1) is 22.3.